The van der Waals surface area contributed by atoms with Gasteiger partial charge in [-0.25, -0.2) is 0 Å². The molecule has 1 saturated heterocycles. The molecule has 40 heavy (non-hydrogen) atoms. The monoisotopic (exact) mass is 555 g/mol. The van der Waals surface area contributed by atoms with Crippen molar-refractivity contribution in [2.45, 2.75) is 103 Å². The summed E-state index contributed by atoms with van der Waals surface area (Å²) in [6, 6.07) is 0. The molecule has 8 heteroatoms. The number of ether oxygens (including phenoxy) is 3. The van der Waals surface area contributed by atoms with Crippen LogP contribution in [0.3, 0.4) is 0 Å². The molecule has 1 aliphatic heterocycles. The fourth-order valence-electron chi connectivity index (χ4n) is 9.74. The number of aliphatic hydroxyl groups is 1. The van der Waals surface area contributed by atoms with Crippen molar-refractivity contribution in [1.82, 2.24) is 5.32 Å². The molecule has 6 rings (SSSR count). The van der Waals surface area contributed by atoms with Gasteiger partial charge in [-0.3, -0.25) is 14.4 Å². The van der Waals surface area contributed by atoms with E-state index in [2.05, 4.69) is 19.2 Å². The number of Topliss-reactive ketones (excluding diaryl/α,β-unsaturated/α-hetero) is 1. The summed E-state index contributed by atoms with van der Waals surface area (Å²) in [6.45, 7) is 6.49. The molecule has 4 saturated carbocycles. The molecule has 0 bridgehead atoms. The van der Waals surface area contributed by atoms with Gasteiger partial charge in [-0.15, -0.1) is 0 Å². The van der Waals surface area contributed by atoms with Gasteiger partial charge in [0.2, 0.25) is 5.78 Å². The molecule has 0 radical (unpaired) electrons. The third kappa shape index (κ3) is 4.19. The van der Waals surface area contributed by atoms with E-state index in [0.29, 0.717) is 19.4 Å². The highest BCUT2D eigenvalue weighted by molar-refractivity contribution is 6.01. The van der Waals surface area contributed by atoms with E-state index in [4.69, 9.17) is 14.2 Å². The minimum absolute atomic E-state index is 0.0141. The lowest BCUT2D eigenvalue weighted by molar-refractivity contribution is -0.210. The lowest BCUT2D eigenvalue weighted by Crippen LogP contribution is -2.63. The summed E-state index contributed by atoms with van der Waals surface area (Å²) in [5.74, 6) is -0.248. The predicted octanol–water partition coefficient (Wildman–Crippen LogP) is 3.66. The zero-order valence-electron chi connectivity index (χ0n) is 24.2. The molecule has 6 aliphatic rings. The number of hydrogen-bond donors (Lipinski definition) is 2. The minimum atomic E-state index is -1.26. The third-order valence-electron chi connectivity index (χ3n) is 11.6. The number of carbonyl (C=O) groups excluding carboxylic acids is 3. The topological polar surface area (TPSA) is 111 Å². The van der Waals surface area contributed by atoms with Crippen LogP contribution in [0.25, 0.3) is 0 Å². The van der Waals surface area contributed by atoms with Crippen molar-refractivity contribution in [2.75, 3.05) is 19.7 Å². The zero-order chi connectivity index (χ0) is 28.3. The number of ketones is 2. The minimum Gasteiger partial charge on any atom is -0.457 e. The van der Waals surface area contributed by atoms with E-state index in [0.717, 1.165) is 44.1 Å². The maximum atomic E-state index is 14.3. The maximum Gasteiger partial charge on any atom is 0.320 e. The van der Waals surface area contributed by atoms with Crippen LogP contribution in [-0.2, 0) is 28.6 Å². The van der Waals surface area contributed by atoms with Gasteiger partial charge >= 0.3 is 5.97 Å². The van der Waals surface area contributed by atoms with Crippen molar-refractivity contribution in [3.8, 4) is 0 Å². The Kier molecular flexibility index (Phi) is 7.38. The summed E-state index contributed by atoms with van der Waals surface area (Å²) < 4.78 is 19.0. The van der Waals surface area contributed by atoms with Gasteiger partial charge in [-0.05, 0) is 69.1 Å². The first-order valence-corrected chi connectivity index (χ1v) is 15.5. The number of carbonyl (C=O) groups is 3. The highest BCUT2D eigenvalue weighted by atomic mass is 16.7. The Morgan fingerprint density at radius 2 is 1.95 bits per heavy atom. The van der Waals surface area contributed by atoms with Crippen molar-refractivity contribution in [3.05, 3.63) is 23.8 Å². The molecule has 5 aliphatic carbocycles. The van der Waals surface area contributed by atoms with Crippen molar-refractivity contribution < 1.29 is 33.7 Å². The SMILES string of the molecule is CCNCC(=O)OCC(=O)[C@@]12O[C@H](C3CCCCC3)O[C@@H]1C[C@H]1[C@@H]3CCC4=CC(=O)C=C[C@]4(C)[C@H]3[C@@H](O)C[C@@]12C. The maximum absolute atomic E-state index is 14.3. The molecular formula is C32H45NO7. The second-order valence-electron chi connectivity index (χ2n) is 13.6. The first kappa shape index (κ1) is 28.3. The van der Waals surface area contributed by atoms with Crippen LogP contribution in [0.15, 0.2) is 23.8 Å². The van der Waals surface area contributed by atoms with Gasteiger partial charge < -0.3 is 24.6 Å². The molecule has 8 nitrogen and oxygen atoms in total. The summed E-state index contributed by atoms with van der Waals surface area (Å²) >= 11 is 0. The Morgan fingerprint density at radius 1 is 1.18 bits per heavy atom. The number of likely N-dealkylation sites (N-methyl/N-ethyl adjacent to an activating group) is 1. The van der Waals surface area contributed by atoms with E-state index in [1.54, 1.807) is 12.2 Å². The van der Waals surface area contributed by atoms with Crippen LogP contribution < -0.4 is 5.32 Å². The lowest BCUT2D eigenvalue weighted by atomic mass is 9.46. The predicted molar refractivity (Wildman–Crippen MR) is 147 cm³/mol. The standard InChI is InChI=1S/C32H45NO7/c1-4-33-17-27(37)38-18-25(36)32-26(39-29(40-32)19-8-6-5-7-9-19)15-23-22-11-10-20-14-21(34)12-13-30(20,2)28(22)24(35)16-31(23,32)3/h12-14,19,22-24,26,28-29,33,35H,4-11,15-18H2,1-3H3/t22-,23-,24-,26+,28+,29+,30-,31-,32+/m0/s1. The summed E-state index contributed by atoms with van der Waals surface area (Å²) in [6.07, 6.45) is 12.1. The average molecular weight is 556 g/mol. The van der Waals surface area contributed by atoms with E-state index >= 15 is 0 Å². The molecule has 0 aromatic rings. The summed E-state index contributed by atoms with van der Waals surface area (Å²) in [5, 5.41) is 14.8. The van der Waals surface area contributed by atoms with Crippen molar-refractivity contribution >= 4 is 17.5 Å². The first-order valence-electron chi connectivity index (χ1n) is 15.5. The third-order valence-corrected chi connectivity index (χ3v) is 11.6. The van der Waals surface area contributed by atoms with Crippen molar-refractivity contribution in [2.24, 2.45) is 34.5 Å². The second kappa shape index (κ2) is 10.4. The Hall–Kier alpha value is -1.87. The summed E-state index contributed by atoms with van der Waals surface area (Å²) in [5.41, 5.74) is -1.22. The van der Waals surface area contributed by atoms with E-state index in [-0.39, 0.29) is 53.8 Å². The largest absolute Gasteiger partial charge is 0.457 e. The number of esters is 1. The fraction of sp³-hybridized carbons (Fsp3) is 0.781. The van der Waals surface area contributed by atoms with Crippen LogP contribution in [0.5, 0.6) is 0 Å². The summed E-state index contributed by atoms with van der Waals surface area (Å²) in [4.78, 5) is 38.8. The van der Waals surface area contributed by atoms with Gasteiger partial charge in [-0.2, -0.15) is 0 Å². The summed E-state index contributed by atoms with van der Waals surface area (Å²) in [7, 11) is 0. The Morgan fingerprint density at radius 3 is 2.70 bits per heavy atom. The molecule has 5 fully saturated rings. The number of fused-ring (bicyclic) bond motifs is 7. The highest BCUT2D eigenvalue weighted by Gasteiger charge is 2.76. The first-order chi connectivity index (χ1) is 19.1. The molecule has 0 amide bonds. The van der Waals surface area contributed by atoms with Gasteiger partial charge in [0.15, 0.2) is 24.3 Å². The normalized spacial score (nSPS) is 44.3. The van der Waals surface area contributed by atoms with E-state index in [9.17, 15) is 19.5 Å². The molecule has 1 heterocycles. The molecule has 220 valence electrons. The second-order valence-corrected chi connectivity index (χ2v) is 13.6. The number of nitrogens with one attached hydrogen (secondary N) is 1. The van der Waals surface area contributed by atoms with Crippen LogP contribution in [0.2, 0.25) is 0 Å². The molecular weight excluding hydrogens is 510 g/mol. The van der Waals surface area contributed by atoms with Gasteiger partial charge in [0, 0.05) is 22.7 Å². The Labute approximate surface area is 237 Å². The molecule has 0 spiro atoms. The fourth-order valence-corrected chi connectivity index (χ4v) is 9.74. The quantitative estimate of drug-likeness (QED) is 0.458. The van der Waals surface area contributed by atoms with Crippen LogP contribution in [0.4, 0.5) is 0 Å². The van der Waals surface area contributed by atoms with Gasteiger partial charge in [-0.1, -0.05) is 51.7 Å². The van der Waals surface area contributed by atoms with Gasteiger partial charge in [0.25, 0.3) is 0 Å². The van der Waals surface area contributed by atoms with Crippen molar-refractivity contribution in [3.63, 3.8) is 0 Å². The van der Waals surface area contributed by atoms with Crippen LogP contribution in [-0.4, -0.2) is 66.4 Å². The average Bonchev–Trinajstić information content (AvgIpc) is 3.44. The molecule has 2 N–H and O–H groups in total. The van der Waals surface area contributed by atoms with Crippen LogP contribution in [0, 0.1) is 34.5 Å². The van der Waals surface area contributed by atoms with E-state index < -0.39 is 35.5 Å². The van der Waals surface area contributed by atoms with Crippen LogP contribution in [0.1, 0.15) is 78.6 Å². The van der Waals surface area contributed by atoms with Gasteiger partial charge in [0.1, 0.15) is 0 Å². The highest BCUT2D eigenvalue weighted by Crippen LogP contribution is 2.70. The van der Waals surface area contributed by atoms with Crippen molar-refractivity contribution in [1.29, 1.82) is 0 Å². The Balaban J connectivity index is 1.32. The van der Waals surface area contributed by atoms with E-state index in [1.165, 1.54) is 6.42 Å². The number of hydrogen-bond acceptors (Lipinski definition) is 8. The Bertz CT molecular complexity index is 1110. The zero-order valence-corrected chi connectivity index (χ0v) is 24.2. The number of allylic oxidation sites excluding steroid dienone is 4. The number of aliphatic hydroxyl groups excluding tert-OH is 1. The van der Waals surface area contributed by atoms with Crippen LogP contribution >= 0.6 is 0 Å². The smallest absolute Gasteiger partial charge is 0.320 e. The molecule has 9 atom stereocenters. The van der Waals surface area contributed by atoms with E-state index in [1.807, 2.05) is 13.0 Å². The van der Waals surface area contributed by atoms with Gasteiger partial charge in [0.05, 0.1) is 18.8 Å². The molecule has 0 aromatic carbocycles. The molecule has 0 aromatic heterocycles. The number of rotatable bonds is 7. The molecule has 0 unspecified atom stereocenters. The lowest BCUT2D eigenvalue weighted by Gasteiger charge is -2.59.